The molecular formula is C14H28N2. The molecule has 1 saturated carbocycles. The third-order valence-electron chi connectivity index (χ3n) is 4.56. The van der Waals surface area contributed by atoms with Gasteiger partial charge in [-0.05, 0) is 44.1 Å². The first-order valence-electron chi connectivity index (χ1n) is 7.23. The van der Waals surface area contributed by atoms with Crippen molar-refractivity contribution in [3.8, 4) is 0 Å². The second kappa shape index (κ2) is 6.02. The normalized spacial score (nSPS) is 37.5. The molecule has 3 unspecified atom stereocenters. The fourth-order valence-electron chi connectivity index (χ4n) is 3.62. The maximum absolute atomic E-state index is 5.88. The van der Waals surface area contributed by atoms with Crippen molar-refractivity contribution in [1.82, 2.24) is 4.90 Å². The van der Waals surface area contributed by atoms with Crippen LogP contribution >= 0.6 is 0 Å². The van der Waals surface area contributed by atoms with E-state index in [0.717, 1.165) is 18.4 Å². The highest BCUT2D eigenvalue weighted by Crippen LogP contribution is 2.30. The van der Waals surface area contributed by atoms with Gasteiger partial charge in [-0.1, -0.05) is 26.2 Å². The van der Waals surface area contributed by atoms with Crippen LogP contribution in [0.2, 0.25) is 0 Å². The van der Waals surface area contributed by atoms with Crippen LogP contribution in [0.15, 0.2) is 0 Å². The summed E-state index contributed by atoms with van der Waals surface area (Å²) >= 11 is 0. The van der Waals surface area contributed by atoms with Gasteiger partial charge in [-0.25, -0.2) is 0 Å². The minimum Gasteiger partial charge on any atom is -0.329 e. The molecule has 0 aromatic carbocycles. The molecule has 3 atom stereocenters. The molecule has 2 fully saturated rings. The van der Waals surface area contributed by atoms with Gasteiger partial charge in [0.05, 0.1) is 0 Å². The predicted octanol–water partition coefficient (Wildman–Crippen LogP) is 2.63. The number of rotatable bonds is 3. The van der Waals surface area contributed by atoms with Gasteiger partial charge in [-0.2, -0.15) is 0 Å². The van der Waals surface area contributed by atoms with E-state index in [1.165, 1.54) is 58.0 Å². The second-order valence-corrected chi connectivity index (χ2v) is 6.02. The Labute approximate surface area is 101 Å². The quantitative estimate of drug-likeness (QED) is 0.798. The lowest BCUT2D eigenvalue weighted by Crippen LogP contribution is -2.46. The maximum Gasteiger partial charge on any atom is 0.0218 e. The zero-order valence-corrected chi connectivity index (χ0v) is 10.8. The van der Waals surface area contributed by atoms with Gasteiger partial charge in [0, 0.05) is 19.1 Å². The van der Waals surface area contributed by atoms with Crippen LogP contribution in [0.4, 0.5) is 0 Å². The highest BCUT2D eigenvalue weighted by molar-refractivity contribution is 4.81. The summed E-state index contributed by atoms with van der Waals surface area (Å²) < 4.78 is 0. The lowest BCUT2D eigenvalue weighted by atomic mass is 9.81. The topological polar surface area (TPSA) is 29.3 Å². The largest absolute Gasteiger partial charge is 0.329 e. The number of hydrogen-bond donors (Lipinski definition) is 1. The Bertz CT molecular complexity index is 205. The van der Waals surface area contributed by atoms with E-state index in [0.29, 0.717) is 6.04 Å². The highest BCUT2D eigenvalue weighted by Gasteiger charge is 2.26. The molecule has 16 heavy (non-hydrogen) atoms. The monoisotopic (exact) mass is 224 g/mol. The van der Waals surface area contributed by atoms with Crippen LogP contribution in [-0.4, -0.2) is 30.6 Å². The highest BCUT2D eigenvalue weighted by atomic mass is 15.2. The maximum atomic E-state index is 5.88. The van der Waals surface area contributed by atoms with Gasteiger partial charge in [0.1, 0.15) is 0 Å². The van der Waals surface area contributed by atoms with Crippen molar-refractivity contribution in [1.29, 1.82) is 0 Å². The zero-order chi connectivity index (χ0) is 11.4. The van der Waals surface area contributed by atoms with E-state index in [1.54, 1.807) is 0 Å². The molecule has 0 aromatic heterocycles. The molecule has 1 saturated heterocycles. The molecule has 0 spiro atoms. The molecular weight excluding hydrogens is 196 g/mol. The van der Waals surface area contributed by atoms with Crippen molar-refractivity contribution in [3.05, 3.63) is 0 Å². The first kappa shape index (κ1) is 12.4. The van der Waals surface area contributed by atoms with Crippen LogP contribution < -0.4 is 5.73 Å². The van der Waals surface area contributed by atoms with Crippen LogP contribution in [0, 0.1) is 11.8 Å². The molecule has 1 heterocycles. The van der Waals surface area contributed by atoms with E-state index in [4.69, 9.17) is 5.73 Å². The molecule has 1 aliphatic carbocycles. The molecule has 0 amide bonds. The van der Waals surface area contributed by atoms with Crippen LogP contribution in [0.1, 0.15) is 51.9 Å². The number of nitrogens with zero attached hydrogens (tertiary/aromatic N) is 1. The van der Waals surface area contributed by atoms with E-state index in [-0.39, 0.29) is 0 Å². The second-order valence-electron chi connectivity index (χ2n) is 6.02. The summed E-state index contributed by atoms with van der Waals surface area (Å²) in [5.41, 5.74) is 5.88. The van der Waals surface area contributed by atoms with Crippen LogP contribution in [-0.2, 0) is 0 Å². The average molecular weight is 224 g/mol. The van der Waals surface area contributed by atoms with Crippen molar-refractivity contribution in [2.75, 3.05) is 19.6 Å². The average Bonchev–Trinajstić information content (AvgIpc) is 2.30. The van der Waals surface area contributed by atoms with E-state index in [1.807, 2.05) is 0 Å². The molecule has 2 N–H and O–H groups in total. The minimum atomic E-state index is 0.686. The van der Waals surface area contributed by atoms with Gasteiger partial charge in [0.25, 0.3) is 0 Å². The SMILES string of the molecule is CC1CCCC(CN2CCCCC2CN)C1. The summed E-state index contributed by atoms with van der Waals surface area (Å²) in [5, 5.41) is 0. The third-order valence-corrected chi connectivity index (χ3v) is 4.56. The molecule has 0 aromatic rings. The Morgan fingerprint density at radius 1 is 1.12 bits per heavy atom. The van der Waals surface area contributed by atoms with Gasteiger partial charge in [-0.15, -0.1) is 0 Å². The van der Waals surface area contributed by atoms with Gasteiger partial charge < -0.3 is 5.73 Å². The molecule has 94 valence electrons. The first-order valence-corrected chi connectivity index (χ1v) is 7.23. The molecule has 2 nitrogen and oxygen atoms in total. The lowest BCUT2D eigenvalue weighted by molar-refractivity contribution is 0.109. The lowest BCUT2D eigenvalue weighted by Gasteiger charge is -2.39. The Morgan fingerprint density at radius 2 is 2.00 bits per heavy atom. The van der Waals surface area contributed by atoms with E-state index in [2.05, 4.69) is 11.8 Å². The summed E-state index contributed by atoms with van der Waals surface area (Å²) in [4.78, 5) is 2.69. The summed E-state index contributed by atoms with van der Waals surface area (Å²) in [5.74, 6) is 1.91. The predicted molar refractivity (Wildman–Crippen MR) is 69.4 cm³/mol. The fraction of sp³-hybridized carbons (Fsp3) is 1.00. The third kappa shape index (κ3) is 3.21. The van der Waals surface area contributed by atoms with Gasteiger partial charge in [-0.3, -0.25) is 4.90 Å². The Balaban J connectivity index is 1.82. The van der Waals surface area contributed by atoms with Gasteiger partial charge in [0.2, 0.25) is 0 Å². The van der Waals surface area contributed by atoms with Crippen LogP contribution in [0.3, 0.4) is 0 Å². The van der Waals surface area contributed by atoms with Crippen molar-refractivity contribution in [2.45, 2.75) is 57.9 Å². The van der Waals surface area contributed by atoms with Crippen LogP contribution in [0.5, 0.6) is 0 Å². The summed E-state index contributed by atoms with van der Waals surface area (Å²) in [6.45, 7) is 5.91. The number of piperidine rings is 1. The number of likely N-dealkylation sites (tertiary alicyclic amines) is 1. The first-order chi connectivity index (χ1) is 7.79. The Morgan fingerprint density at radius 3 is 2.75 bits per heavy atom. The fourth-order valence-corrected chi connectivity index (χ4v) is 3.62. The summed E-state index contributed by atoms with van der Waals surface area (Å²) in [6.07, 6.45) is 9.92. The van der Waals surface area contributed by atoms with Crippen molar-refractivity contribution < 1.29 is 0 Å². The molecule has 1 aliphatic heterocycles. The smallest absolute Gasteiger partial charge is 0.0218 e. The minimum absolute atomic E-state index is 0.686. The van der Waals surface area contributed by atoms with E-state index >= 15 is 0 Å². The molecule has 2 aliphatic rings. The Hall–Kier alpha value is -0.0800. The summed E-state index contributed by atoms with van der Waals surface area (Å²) in [6, 6.07) is 0.686. The van der Waals surface area contributed by atoms with Gasteiger partial charge >= 0.3 is 0 Å². The zero-order valence-electron chi connectivity index (χ0n) is 10.8. The molecule has 0 bridgehead atoms. The molecule has 0 radical (unpaired) electrons. The van der Waals surface area contributed by atoms with Crippen molar-refractivity contribution in [2.24, 2.45) is 17.6 Å². The van der Waals surface area contributed by atoms with E-state index in [9.17, 15) is 0 Å². The van der Waals surface area contributed by atoms with Crippen LogP contribution in [0.25, 0.3) is 0 Å². The van der Waals surface area contributed by atoms with Crippen molar-refractivity contribution >= 4 is 0 Å². The van der Waals surface area contributed by atoms with E-state index < -0.39 is 0 Å². The number of nitrogens with two attached hydrogens (primary N) is 1. The number of hydrogen-bond acceptors (Lipinski definition) is 2. The van der Waals surface area contributed by atoms with Crippen molar-refractivity contribution in [3.63, 3.8) is 0 Å². The van der Waals surface area contributed by atoms with Gasteiger partial charge in [0.15, 0.2) is 0 Å². The Kier molecular flexibility index (Phi) is 4.66. The standard InChI is InChI=1S/C14H28N2/c1-12-5-4-6-13(9-12)11-16-8-3-2-7-14(16)10-15/h12-14H,2-11,15H2,1H3. The summed E-state index contributed by atoms with van der Waals surface area (Å²) in [7, 11) is 0. The molecule has 2 rings (SSSR count). The molecule has 2 heteroatoms.